The number of hydrogen-bond acceptors (Lipinski definition) is 0. The maximum Gasteiger partial charge on any atom is 0.179 e. The molecule has 3 heteroatoms. The fraction of sp³-hybridized carbons (Fsp3) is 0. The maximum absolute atomic E-state index is 2.77. The lowest BCUT2D eigenvalue weighted by Crippen LogP contribution is -2.74. The summed E-state index contributed by atoms with van der Waals surface area (Å²) < 4.78 is 5.00. The van der Waals surface area contributed by atoms with E-state index in [1.807, 2.05) is 0 Å². The topological polar surface area (TPSA) is 9.86 Å². The fourth-order valence-electron chi connectivity index (χ4n) is 10.5. The highest BCUT2D eigenvalue weighted by Crippen LogP contribution is 2.44. The molecule has 0 fully saturated rings. The Morgan fingerprint density at radius 3 is 1.33 bits per heavy atom. The molecule has 10 aromatic carbocycles. The molecule has 12 rings (SSSR count). The zero-order valence-electron chi connectivity index (χ0n) is 34.6. The first-order valence-corrected chi connectivity index (χ1v) is 23.8. The number of fused-ring (bicyclic) bond motifs is 6. The molecule has 12 aromatic rings. The normalized spacial score (nSPS) is 11.8. The second-order valence-corrected chi connectivity index (χ2v) is 20.2. The summed E-state index contributed by atoms with van der Waals surface area (Å²) in [7, 11) is -2.77. The van der Waals surface area contributed by atoms with Crippen molar-refractivity contribution in [2.75, 3.05) is 0 Å². The third kappa shape index (κ3) is 5.78. The van der Waals surface area contributed by atoms with Gasteiger partial charge in [0.25, 0.3) is 0 Å². The average molecular weight is 819 g/mol. The largest absolute Gasteiger partial charge is 0.309 e. The number of benzene rings is 10. The third-order valence-electron chi connectivity index (χ3n) is 13.1. The van der Waals surface area contributed by atoms with Gasteiger partial charge in [-0.3, -0.25) is 0 Å². The molecule has 0 bridgehead atoms. The molecule has 0 spiro atoms. The Morgan fingerprint density at radius 1 is 0.270 bits per heavy atom. The van der Waals surface area contributed by atoms with Crippen molar-refractivity contribution in [1.82, 2.24) is 9.13 Å². The van der Waals surface area contributed by atoms with Crippen LogP contribution >= 0.6 is 0 Å². The lowest BCUT2D eigenvalue weighted by atomic mass is 9.92. The molecule has 296 valence electrons. The number of hydrogen-bond donors (Lipinski definition) is 0. The number of para-hydroxylation sites is 2. The summed E-state index contributed by atoms with van der Waals surface area (Å²) in [6, 6.07) is 94.1. The van der Waals surface area contributed by atoms with Gasteiger partial charge in [0.2, 0.25) is 0 Å². The molecular formula is C60H42N2Si. The van der Waals surface area contributed by atoms with Crippen molar-refractivity contribution in [2.24, 2.45) is 0 Å². The van der Waals surface area contributed by atoms with E-state index < -0.39 is 8.07 Å². The molecule has 0 aliphatic carbocycles. The molecule has 0 radical (unpaired) electrons. The summed E-state index contributed by atoms with van der Waals surface area (Å²) in [4.78, 5) is 0. The monoisotopic (exact) mass is 818 g/mol. The average Bonchev–Trinajstić information content (AvgIpc) is 3.89. The molecule has 0 unspecified atom stereocenters. The van der Waals surface area contributed by atoms with Crippen LogP contribution in [0.1, 0.15) is 0 Å². The first-order chi connectivity index (χ1) is 31.3. The molecule has 0 saturated heterocycles. The first kappa shape index (κ1) is 36.8. The Balaban J connectivity index is 1.12. The minimum absolute atomic E-state index is 1.15. The highest BCUT2D eigenvalue weighted by atomic mass is 28.3. The van der Waals surface area contributed by atoms with Crippen LogP contribution in [0.3, 0.4) is 0 Å². The molecule has 0 aliphatic rings. The van der Waals surface area contributed by atoms with E-state index in [1.54, 1.807) is 0 Å². The van der Waals surface area contributed by atoms with Crippen LogP contribution in [0.25, 0.3) is 77.2 Å². The van der Waals surface area contributed by atoms with Crippen molar-refractivity contribution >= 4 is 72.4 Å². The molecule has 0 aliphatic heterocycles. The van der Waals surface area contributed by atoms with Gasteiger partial charge in [0.1, 0.15) is 0 Å². The standard InChI is InChI=1S/C60H42N2Si/c1-5-22-43(23-6-1)49-32-13-14-33-50(49)51-36-20-39-56-59(51)52-34-15-18-38-55(52)62(56)58-41-21-40-57-60(58)53-35-16-17-37-54(53)61(57)44-24-19-31-48(42-44)63(45-25-7-2-8-26-45,46-27-9-3-10-28-46)47-29-11-4-12-30-47/h1-42H. The highest BCUT2D eigenvalue weighted by Gasteiger charge is 2.41. The lowest BCUT2D eigenvalue weighted by molar-refractivity contribution is 1.17. The van der Waals surface area contributed by atoms with Gasteiger partial charge in [-0.25, -0.2) is 0 Å². The SMILES string of the molecule is c1ccc(-c2ccccc2-c2cccc3c2c2ccccc2n3-c2cccc3c2c2ccccc2n3-c2cccc([Si](c3ccccc3)(c3ccccc3)c3ccccc3)c2)cc1. The Bertz CT molecular complexity index is 3510. The van der Waals surface area contributed by atoms with Crippen molar-refractivity contribution in [2.45, 2.75) is 0 Å². The van der Waals surface area contributed by atoms with Crippen LogP contribution in [-0.2, 0) is 0 Å². The second kappa shape index (κ2) is 15.2. The number of rotatable bonds is 8. The summed E-state index contributed by atoms with van der Waals surface area (Å²) in [5.74, 6) is 0. The first-order valence-electron chi connectivity index (χ1n) is 21.8. The molecule has 63 heavy (non-hydrogen) atoms. The van der Waals surface area contributed by atoms with E-state index in [1.165, 1.54) is 92.3 Å². The van der Waals surface area contributed by atoms with E-state index in [0.29, 0.717) is 0 Å². The summed E-state index contributed by atoms with van der Waals surface area (Å²) in [5, 5.41) is 10.4. The van der Waals surface area contributed by atoms with Crippen LogP contribution in [0.5, 0.6) is 0 Å². The van der Waals surface area contributed by atoms with Crippen molar-refractivity contribution in [3.63, 3.8) is 0 Å². The molecule has 2 aromatic heterocycles. The van der Waals surface area contributed by atoms with Gasteiger partial charge < -0.3 is 9.13 Å². The second-order valence-electron chi connectivity index (χ2n) is 16.4. The smallest absolute Gasteiger partial charge is 0.179 e. The minimum atomic E-state index is -2.77. The highest BCUT2D eigenvalue weighted by molar-refractivity contribution is 7.19. The van der Waals surface area contributed by atoms with E-state index in [-0.39, 0.29) is 0 Å². The van der Waals surface area contributed by atoms with Gasteiger partial charge >= 0.3 is 0 Å². The Morgan fingerprint density at radius 2 is 0.698 bits per heavy atom. The summed E-state index contributed by atoms with van der Waals surface area (Å²) in [5.41, 5.74) is 12.0. The third-order valence-corrected chi connectivity index (χ3v) is 17.8. The molecular weight excluding hydrogens is 777 g/mol. The molecule has 0 atom stereocenters. The van der Waals surface area contributed by atoms with Crippen LogP contribution < -0.4 is 20.7 Å². The van der Waals surface area contributed by atoms with Crippen LogP contribution in [0.15, 0.2) is 255 Å². The maximum atomic E-state index is 2.51. The van der Waals surface area contributed by atoms with E-state index in [0.717, 1.165) is 5.69 Å². The molecule has 0 N–H and O–H groups in total. The predicted molar refractivity (Wildman–Crippen MR) is 270 cm³/mol. The Labute approximate surface area is 368 Å². The van der Waals surface area contributed by atoms with Crippen LogP contribution in [-0.4, -0.2) is 17.2 Å². The number of nitrogens with zero attached hydrogens (tertiary/aromatic N) is 2. The minimum Gasteiger partial charge on any atom is -0.309 e. The molecule has 0 saturated carbocycles. The van der Waals surface area contributed by atoms with E-state index in [9.17, 15) is 0 Å². The van der Waals surface area contributed by atoms with Crippen molar-refractivity contribution in [1.29, 1.82) is 0 Å². The number of aromatic nitrogens is 2. The van der Waals surface area contributed by atoms with Crippen LogP contribution in [0.2, 0.25) is 0 Å². The zero-order chi connectivity index (χ0) is 41.7. The predicted octanol–water partition coefficient (Wildman–Crippen LogP) is 12.6. The summed E-state index contributed by atoms with van der Waals surface area (Å²) in [6.07, 6.45) is 0. The Kier molecular flexibility index (Phi) is 8.87. The van der Waals surface area contributed by atoms with E-state index in [2.05, 4.69) is 264 Å². The van der Waals surface area contributed by atoms with Crippen molar-refractivity contribution < 1.29 is 0 Å². The van der Waals surface area contributed by atoms with Crippen LogP contribution in [0, 0.1) is 0 Å². The van der Waals surface area contributed by atoms with Gasteiger partial charge in [0, 0.05) is 27.2 Å². The van der Waals surface area contributed by atoms with Gasteiger partial charge in [-0.1, -0.05) is 212 Å². The van der Waals surface area contributed by atoms with Crippen LogP contribution in [0.4, 0.5) is 0 Å². The lowest BCUT2D eigenvalue weighted by Gasteiger charge is -2.34. The fourth-order valence-corrected chi connectivity index (χ4v) is 15.3. The van der Waals surface area contributed by atoms with E-state index in [4.69, 9.17) is 0 Å². The van der Waals surface area contributed by atoms with E-state index >= 15 is 0 Å². The van der Waals surface area contributed by atoms with Gasteiger partial charge in [-0.05, 0) is 85.5 Å². The summed E-state index contributed by atoms with van der Waals surface area (Å²) in [6.45, 7) is 0. The Hall–Kier alpha value is -7.98. The molecule has 2 heterocycles. The van der Waals surface area contributed by atoms with Crippen molar-refractivity contribution in [3.05, 3.63) is 255 Å². The van der Waals surface area contributed by atoms with Gasteiger partial charge in [-0.15, -0.1) is 0 Å². The van der Waals surface area contributed by atoms with Gasteiger partial charge in [0.05, 0.1) is 27.8 Å². The zero-order valence-corrected chi connectivity index (χ0v) is 35.6. The quantitative estimate of drug-likeness (QED) is 0.107. The molecule has 2 nitrogen and oxygen atoms in total. The summed E-state index contributed by atoms with van der Waals surface area (Å²) >= 11 is 0. The molecule has 0 amide bonds. The van der Waals surface area contributed by atoms with Crippen molar-refractivity contribution in [3.8, 4) is 33.6 Å². The van der Waals surface area contributed by atoms with Gasteiger partial charge in [0.15, 0.2) is 8.07 Å². The van der Waals surface area contributed by atoms with Gasteiger partial charge in [-0.2, -0.15) is 0 Å².